The molecule has 196 valence electrons. The lowest BCUT2D eigenvalue weighted by atomic mass is 9.44. The van der Waals surface area contributed by atoms with Gasteiger partial charge in [-0.2, -0.15) is 0 Å². The zero-order valence-electron chi connectivity index (χ0n) is 23.2. The maximum absolute atomic E-state index is 13.1. The van der Waals surface area contributed by atoms with Crippen molar-refractivity contribution >= 4 is 25.8 Å². The molecule has 4 aliphatic carbocycles. The topological polar surface area (TPSA) is 74.2 Å². The Hall–Kier alpha value is -1.47. The maximum atomic E-state index is 13.1. The van der Waals surface area contributed by atoms with Crippen LogP contribution in [0.15, 0.2) is 16.8 Å². The van der Waals surface area contributed by atoms with E-state index in [0.717, 1.165) is 44.2 Å². The number of hydrogen-bond acceptors (Lipinski definition) is 6. The standard InChI is InChI=1S/C28H45NO5Si/c1-18(30)28(33-19(2)31)15-12-23-21-17-27(5,34-35(7,8)9)24-16-20(29-32-6)10-13-25(24,3)22(21)11-14-26(23,28)4/h16,21-23H,10-15,17H2,1-9H3/b29-20-/t21-,22+,23+,25-,26+,27?,28+/m1/s1. The Bertz CT molecular complexity index is 969. The molecular formula is C28H45NO5Si. The van der Waals surface area contributed by atoms with Gasteiger partial charge in [-0.15, -0.1) is 0 Å². The smallest absolute Gasteiger partial charge is 0.303 e. The molecule has 0 aromatic rings. The number of hydrogen-bond donors (Lipinski definition) is 0. The van der Waals surface area contributed by atoms with Gasteiger partial charge in [-0.05, 0) is 113 Å². The maximum Gasteiger partial charge on any atom is 0.303 e. The Morgan fingerprint density at radius 1 is 1.03 bits per heavy atom. The van der Waals surface area contributed by atoms with Crippen LogP contribution in [-0.4, -0.2) is 44.1 Å². The highest BCUT2D eigenvalue weighted by Gasteiger charge is 2.69. The molecule has 0 radical (unpaired) electrons. The van der Waals surface area contributed by atoms with Crippen LogP contribution in [0.1, 0.15) is 79.6 Å². The van der Waals surface area contributed by atoms with Gasteiger partial charge in [0.15, 0.2) is 19.7 Å². The predicted molar refractivity (Wildman–Crippen MR) is 140 cm³/mol. The van der Waals surface area contributed by atoms with E-state index in [4.69, 9.17) is 14.0 Å². The van der Waals surface area contributed by atoms with Crippen LogP contribution >= 0.6 is 0 Å². The Labute approximate surface area is 212 Å². The summed E-state index contributed by atoms with van der Waals surface area (Å²) in [5, 5.41) is 4.31. The fourth-order valence-corrected chi connectivity index (χ4v) is 10.6. The highest BCUT2D eigenvalue weighted by molar-refractivity contribution is 6.69. The third-order valence-corrected chi connectivity index (χ3v) is 11.1. The van der Waals surface area contributed by atoms with Crippen LogP contribution in [0.5, 0.6) is 0 Å². The van der Waals surface area contributed by atoms with Crippen LogP contribution in [-0.2, 0) is 23.6 Å². The van der Waals surface area contributed by atoms with Crippen molar-refractivity contribution in [2.45, 2.75) is 110 Å². The second kappa shape index (κ2) is 8.54. The molecule has 4 rings (SSSR count). The van der Waals surface area contributed by atoms with E-state index in [1.807, 2.05) is 0 Å². The van der Waals surface area contributed by atoms with Gasteiger partial charge in [-0.25, -0.2) is 0 Å². The molecule has 0 saturated heterocycles. The van der Waals surface area contributed by atoms with Gasteiger partial charge in [-0.1, -0.05) is 19.0 Å². The quantitative estimate of drug-likeness (QED) is 0.259. The van der Waals surface area contributed by atoms with Gasteiger partial charge in [0.05, 0.1) is 11.3 Å². The van der Waals surface area contributed by atoms with Crippen molar-refractivity contribution in [1.29, 1.82) is 0 Å². The Morgan fingerprint density at radius 3 is 2.26 bits per heavy atom. The molecule has 7 atom stereocenters. The molecule has 0 aliphatic heterocycles. The van der Waals surface area contributed by atoms with E-state index in [-0.39, 0.29) is 22.6 Å². The zero-order chi connectivity index (χ0) is 26.0. The van der Waals surface area contributed by atoms with Crippen molar-refractivity contribution in [2.24, 2.45) is 33.7 Å². The number of fused-ring (bicyclic) bond motifs is 5. The molecule has 3 fully saturated rings. The van der Waals surface area contributed by atoms with E-state index in [9.17, 15) is 9.59 Å². The SMILES string of the molecule is CO/N=C1\C=C2C(C)(O[Si](C)(C)C)C[C@@H]3[C@H](CC[C@@]4(C)[C@H]3CC[C@]4(OC(C)=O)C(C)=O)[C@@]2(C)CC1. The summed E-state index contributed by atoms with van der Waals surface area (Å²) in [5.41, 5.74) is 0.628. The number of ether oxygens (including phenoxy) is 1. The van der Waals surface area contributed by atoms with Crippen molar-refractivity contribution < 1.29 is 23.6 Å². The monoisotopic (exact) mass is 503 g/mol. The number of rotatable bonds is 5. The molecule has 3 saturated carbocycles. The summed E-state index contributed by atoms with van der Waals surface area (Å²) >= 11 is 0. The molecule has 4 aliphatic rings. The molecule has 0 aromatic heterocycles. The number of carbonyl (C=O) groups excluding carboxylic acids is 2. The van der Waals surface area contributed by atoms with Crippen LogP contribution in [0.3, 0.4) is 0 Å². The summed E-state index contributed by atoms with van der Waals surface area (Å²) in [6.45, 7) is 16.8. The molecule has 0 bridgehead atoms. The molecule has 35 heavy (non-hydrogen) atoms. The highest BCUT2D eigenvalue weighted by Crippen LogP contribution is 2.70. The molecule has 0 spiro atoms. The summed E-state index contributed by atoms with van der Waals surface area (Å²) in [7, 11) is -0.267. The number of esters is 1. The lowest BCUT2D eigenvalue weighted by Crippen LogP contribution is -2.62. The van der Waals surface area contributed by atoms with Crippen LogP contribution < -0.4 is 0 Å². The molecule has 0 amide bonds. The molecule has 0 aromatic carbocycles. The predicted octanol–water partition coefficient (Wildman–Crippen LogP) is 6.06. The van der Waals surface area contributed by atoms with Gasteiger partial charge >= 0.3 is 5.97 Å². The normalized spacial score (nSPS) is 44.1. The second-order valence-electron chi connectivity index (χ2n) is 13.2. The molecule has 1 unspecified atom stereocenters. The zero-order valence-corrected chi connectivity index (χ0v) is 24.2. The number of ketones is 1. The van der Waals surface area contributed by atoms with Crippen LogP contribution in [0, 0.1) is 28.6 Å². The van der Waals surface area contributed by atoms with E-state index in [2.05, 4.69) is 51.6 Å². The van der Waals surface area contributed by atoms with Crippen molar-refractivity contribution in [2.75, 3.05) is 7.11 Å². The largest absolute Gasteiger partial charge is 0.451 e. The third kappa shape index (κ3) is 4.05. The first kappa shape index (κ1) is 26.6. The minimum Gasteiger partial charge on any atom is -0.451 e. The summed E-state index contributed by atoms with van der Waals surface area (Å²) < 4.78 is 13.0. The molecule has 0 N–H and O–H groups in total. The minimum atomic E-state index is -1.88. The van der Waals surface area contributed by atoms with Crippen molar-refractivity contribution in [1.82, 2.24) is 0 Å². The van der Waals surface area contributed by atoms with Gasteiger partial charge in [0.25, 0.3) is 0 Å². The molecular weight excluding hydrogens is 458 g/mol. The Kier molecular flexibility index (Phi) is 6.49. The van der Waals surface area contributed by atoms with Gasteiger partial charge in [0.2, 0.25) is 0 Å². The Balaban J connectivity index is 1.82. The summed E-state index contributed by atoms with van der Waals surface area (Å²) in [5.74, 6) is 0.887. The Morgan fingerprint density at radius 2 is 1.69 bits per heavy atom. The van der Waals surface area contributed by atoms with Crippen molar-refractivity contribution in [3.63, 3.8) is 0 Å². The van der Waals surface area contributed by atoms with Gasteiger partial charge < -0.3 is 14.0 Å². The van der Waals surface area contributed by atoms with Gasteiger partial charge in [-0.3, -0.25) is 9.59 Å². The lowest BCUT2D eigenvalue weighted by molar-refractivity contribution is -0.189. The van der Waals surface area contributed by atoms with E-state index in [0.29, 0.717) is 24.2 Å². The summed E-state index contributed by atoms with van der Waals surface area (Å²) in [4.78, 5) is 30.4. The lowest BCUT2D eigenvalue weighted by Gasteiger charge is -2.63. The van der Waals surface area contributed by atoms with E-state index < -0.39 is 19.5 Å². The molecule has 7 heteroatoms. The number of oxime groups is 1. The first-order valence-electron chi connectivity index (χ1n) is 13.4. The first-order chi connectivity index (χ1) is 16.1. The number of allylic oxidation sites excluding steroid dienone is 1. The number of nitrogens with zero attached hydrogens (tertiary/aromatic N) is 1. The highest BCUT2D eigenvalue weighted by atomic mass is 28.4. The number of carbonyl (C=O) groups is 2. The van der Waals surface area contributed by atoms with E-state index >= 15 is 0 Å². The fraction of sp³-hybridized carbons (Fsp3) is 0.821. The molecule has 0 heterocycles. The average molecular weight is 504 g/mol. The second-order valence-corrected chi connectivity index (χ2v) is 17.7. The van der Waals surface area contributed by atoms with Crippen molar-refractivity contribution in [3.8, 4) is 0 Å². The van der Waals surface area contributed by atoms with E-state index in [1.54, 1.807) is 14.0 Å². The van der Waals surface area contributed by atoms with E-state index in [1.165, 1.54) is 12.5 Å². The number of Topliss-reactive ketones (excluding diaryl/α,β-unsaturated/α-hetero) is 1. The van der Waals surface area contributed by atoms with Gasteiger partial charge in [0, 0.05) is 12.3 Å². The fourth-order valence-electron chi connectivity index (χ4n) is 9.01. The van der Waals surface area contributed by atoms with Crippen LogP contribution in [0.2, 0.25) is 19.6 Å². The summed E-state index contributed by atoms with van der Waals surface area (Å²) in [6, 6.07) is 0. The third-order valence-electron chi connectivity index (χ3n) is 10.0. The average Bonchev–Trinajstić information content (AvgIpc) is 3.01. The first-order valence-corrected chi connectivity index (χ1v) is 16.8. The van der Waals surface area contributed by atoms with Gasteiger partial charge in [0.1, 0.15) is 7.11 Å². The minimum absolute atomic E-state index is 0.00190. The molecule has 6 nitrogen and oxygen atoms in total. The van der Waals surface area contributed by atoms with Crippen molar-refractivity contribution in [3.05, 3.63) is 11.6 Å². The van der Waals surface area contributed by atoms with Crippen LogP contribution in [0.25, 0.3) is 0 Å². The summed E-state index contributed by atoms with van der Waals surface area (Å²) in [6.07, 6.45) is 8.59. The van der Waals surface area contributed by atoms with Crippen LogP contribution in [0.4, 0.5) is 0 Å².